The summed E-state index contributed by atoms with van der Waals surface area (Å²) in [5.74, 6) is 0.721. The van der Waals surface area contributed by atoms with Gasteiger partial charge in [0.15, 0.2) is 0 Å². The van der Waals surface area contributed by atoms with Crippen LogP contribution in [-0.4, -0.2) is 51.1 Å². The molecule has 2 atom stereocenters. The van der Waals surface area contributed by atoms with Gasteiger partial charge in [-0.3, -0.25) is 0 Å². The molecule has 1 fully saturated rings. The summed E-state index contributed by atoms with van der Waals surface area (Å²) in [5, 5.41) is 16.0. The van der Waals surface area contributed by atoms with Crippen LogP contribution in [0.15, 0.2) is 0 Å². The van der Waals surface area contributed by atoms with Crippen molar-refractivity contribution in [2.45, 2.75) is 18.9 Å². The third-order valence-corrected chi connectivity index (χ3v) is 2.57. The SMILES string of the molecule is COCC(O)CNCC1CCCNC1. The second kappa shape index (κ2) is 7.17. The van der Waals surface area contributed by atoms with E-state index in [1.165, 1.54) is 12.8 Å². The van der Waals surface area contributed by atoms with Crippen molar-refractivity contribution >= 4 is 0 Å². The minimum absolute atomic E-state index is 0.378. The smallest absolute Gasteiger partial charge is 0.0897 e. The third kappa shape index (κ3) is 4.91. The normalized spacial score (nSPS) is 24.9. The fourth-order valence-corrected chi connectivity index (χ4v) is 1.80. The van der Waals surface area contributed by atoms with Crippen LogP contribution in [0.3, 0.4) is 0 Å². The van der Waals surface area contributed by atoms with Gasteiger partial charge in [0.2, 0.25) is 0 Å². The highest BCUT2D eigenvalue weighted by Crippen LogP contribution is 2.07. The predicted molar refractivity (Wildman–Crippen MR) is 56.3 cm³/mol. The molecule has 0 bridgehead atoms. The molecular formula is C10H22N2O2. The third-order valence-electron chi connectivity index (χ3n) is 2.57. The lowest BCUT2D eigenvalue weighted by atomic mass is 10.00. The Kier molecular flexibility index (Phi) is 6.10. The number of hydrogen-bond donors (Lipinski definition) is 3. The van der Waals surface area contributed by atoms with Gasteiger partial charge in [0.25, 0.3) is 0 Å². The molecule has 0 aromatic rings. The number of nitrogens with one attached hydrogen (secondary N) is 2. The lowest BCUT2D eigenvalue weighted by molar-refractivity contribution is 0.0638. The van der Waals surface area contributed by atoms with Gasteiger partial charge in [-0.25, -0.2) is 0 Å². The standard InChI is InChI=1S/C10H22N2O2/c1-14-8-10(13)7-12-6-9-3-2-4-11-5-9/h9-13H,2-8H2,1H3. The van der Waals surface area contributed by atoms with E-state index in [1.54, 1.807) is 7.11 Å². The van der Waals surface area contributed by atoms with E-state index >= 15 is 0 Å². The Bertz CT molecular complexity index is 138. The number of piperidine rings is 1. The van der Waals surface area contributed by atoms with E-state index in [9.17, 15) is 5.11 Å². The molecule has 2 unspecified atom stereocenters. The topological polar surface area (TPSA) is 53.5 Å². The Labute approximate surface area is 86.0 Å². The summed E-state index contributed by atoms with van der Waals surface area (Å²) in [6.07, 6.45) is 2.18. The molecule has 1 heterocycles. The number of aliphatic hydroxyl groups excluding tert-OH is 1. The molecule has 4 nitrogen and oxygen atoms in total. The van der Waals surface area contributed by atoms with Crippen molar-refractivity contribution in [3.05, 3.63) is 0 Å². The van der Waals surface area contributed by atoms with E-state index in [-0.39, 0.29) is 6.10 Å². The number of aliphatic hydroxyl groups is 1. The van der Waals surface area contributed by atoms with Crippen molar-refractivity contribution in [3.8, 4) is 0 Å². The van der Waals surface area contributed by atoms with Crippen molar-refractivity contribution in [1.29, 1.82) is 0 Å². The summed E-state index contributed by atoms with van der Waals surface area (Å²) in [7, 11) is 1.61. The van der Waals surface area contributed by atoms with Gasteiger partial charge in [-0.05, 0) is 38.4 Å². The van der Waals surface area contributed by atoms with E-state index in [2.05, 4.69) is 10.6 Å². The van der Waals surface area contributed by atoms with Crippen LogP contribution >= 0.6 is 0 Å². The Morgan fingerprint density at radius 1 is 1.64 bits per heavy atom. The molecule has 1 aliphatic rings. The predicted octanol–water partition coefficient (Wildman–Crippen LogP) is -0.417. The van der Waals surface area contributed by atoms with Crippen LogP contribution in [-0.2, 0) is 4.74 Å². The maximum absolute atomic E-state index is 9.38. The molecule has 0 spiro atoms. The lowest BCUT2D eigenvalue weighted by Gasteiger charge is -2.23. The van der Waals surface area contributed by atoms with E-state index in [0.717, 1.165) is 25.6 Å². The Morgan fingerprint density at radius 2 is 2.50 bits per heavy atom. The molecular weight excluding hydrogens is 180 g/mol. The molecule has 1 rings (SSSR count). The number of ether oxygens (including phenoxy) is 1. The largest absolute Gasteiger partial charge is 0.389 e. The summed E-state index contributed by atoms with van der Waals surface area (Å²) < 4.78 is 4.84. The van der Waals surface area contributed by atoms with Crippen LogP contribution in [0.1, 0.15) is 12.8 Å². The van der Waals surface area contributed by atoms with Crippen LogP contribution in [0, 0.1) is 5.92 Å². The number of rotatable bonds is 6. The average molecular weight is 202 g/mol. The molecule has 1 saturated heterocycles. The van der Waals surface area contributed by atoms with E-state index in [1.807, 2.05) is 0 Å². The van der Waals surface area contributed by atoms with E-state index in [0.29, 0.717) is 13.2 Å². The van der Waals surface area contributed by atoms with Gasteiger partial charge in [-0.15, -0.1) is 0 Å². The fraction of sp³-hybridized carbons (Fsp3) is 1.00. The lowest BCUT2D eigenvalue weighted by Crippen LogP contribution is -2.39. The van der Waals surface area contributed by atoms with Gasteiger partial charge < -0.3 is 20.5 Å². The number of methoxy groups -OCH3 is 1. The Balaban J connectivity index is 1.96. The zero-order valence-corrected chi connectivity index (χ0v) is 8.96. The molecule has 0 aromatic heterocycles. The van der Waals surface area contributed by atoms with Gasteiger partial charge in [-0.1, -0.05) is 0 Å². The average Bonchev–Trinajstić information content (AvgIpc) is 2.20. The summed E-state index contributed by atoms with van der Waals surface area (Å²) in [6, 6.07) is 0. The van der Waals surface area contributed by atoms with Crippen LogP contribution in [0.4, 0.5) is 0 Å². The maximum atomic E-state index is 9.38. The summed E-state index contributed by atoms with van der Waals surface area (Å²) >= 11 is 0. The second-order valence-electron chi connectivity index (χ2n) is 3.98. The molecule has 3 N–H and O–H groups in total. The molecule has 0 aromatic carbocycles. The minimum atomic E-state index is -0.378. The number of hydrogen-bond acceptors (Lipinski definition) is 4. The maximum Gasteiger partial charge on any atom is 0.0897 e. The molecule has 4 heteroatoms. The van der Waals surface area contributed by atoms with Gasteiger partial charge in [-0.2, -0.15) is 0 Å². The second-order valence-corrected chi connectivity index (χ2v) is 3.98. The molecule has 0 saturated carbocycles. The molecule has 0 amide bonds. The van der Waals surface area contributed by atoms with E-state index < -0.39 is 0 Å². The van der Waals surface area contributed by atoms with Gasteiger partial charge in [0, 0.05) is 13.7 Å². The molecule has 0 radical (unpaired) electrons. The Morgan fingerprint density at radius 3 is 3.14 bits per heavy atom. The molecule has 0 aliphatic carbocycles. The van der Waals surface area contributed by atoms with Crippen molar-refractivity contribution < 1.29 is 9.84 Å². The quantitative estimate of drug-likeness (QED) is 0.548. The minimum Gasteiger partial charge on any atom is -0.389 e. The van der Waals surface area contributed by atoms with Crippen LogP contribution < -0.4 is 10.6 Å². The first-order valence-electron chi connectivity index (χ1n) is 5.41. The van der Waals surface area contributed by atoms with Gasteiger partial charge in [0.05, 0.1) is 12.7 Å². The zero-order valence-electron chi connectivity index (χ0n) is 8.96. The van der Waals surface area contributed by atoms with Crippen molar-refractivity contribution in [3.63, 3.8) is 0 Å². The highest BCUT2D eigenvalue weighted by Gasteiger charge is 2.12. The van der Waals surface area contributed by atoms with Crippen LogP contribution in [0.5, 0.6) is 0 Å². The van der Waals surface area contributed by atoms with Crippen molar-refractivity contribution in [1.82, 2.24) is 10.6 Å². The highest BCUT2D eigenvalue weighted by molar-refractivity contribution is 4.71. The van der Waals surface area contributed by atoms with Crippen LogP contribution in [0.2, 0.25) is 0 Å². The summed E-state index contributed by atoms with van der Waals surface area (Å²) in [5.41, 5.74) is 0. The first-order valence-corrected chi connectivity index (χ1v) is 5.41. The van der Waals surface area contributed by atoms with Gasteiger partial charge in [0.1, 0.15) is 0 Å². The molecule has 14 heavy (non-hydrogen) atoms. The monoisotopic (exact) mass is 202 g/mol. The fourth-order valence-electron chi connectivity index (χ4n) is 1.80. The summed E-state index contributed by atoms with van der Waals surface area (Å²) in [6.45, 7) is 4.30. The van der Waals surface area contributed by atoms with Crippen molar-refractivity contribution in [2.75, 3.05) is 39.9 Å². The molecule has 84 valence electrons. The van der Waals surface area contributed by atoms with Gasteiger partial charge >= 0.3 is 0 Å². The molecule has 1 aliphatic heterocycles. The first-order chi connectivity index (χ1) is 6.83. The van der Waals surface area contributed by atoms with E-state index in [4.69, 9.17) is 4.74 Å². The zero-order chi connectivity index (χ0) is 10.2. The Hall–Kier alpha value is -0.160. The first kappa shape index (κ1) is 11.9. The van der Waals surface area contributed by atoms with Crippen LogP contribution in [0.25, 0.3) is 0 Å². The highest BCUT2D eigenvalue weighted by atomic mass is 16.5. The van der Waals surface area contributed by atoms with Crippen molar-refractivity contribution in [2.24, 2.45) is 5.92 Å². The summed E-state index contributed by atoms with van der Waals surface area (Å²) in [4.78, 5) is 0.